The van der Waals surface area contributed by atoms with Crippen LogP contribution in [0.3, 0.4) is 0 Å². The summed E-state index contributed by atoms with van der Waals surface area (Å²) in [6, 6.07) is 1.96. The van der Waals surface area contributed by atoms with Crippen molar-refractivity contribution in [2.24, 2.45) is 0 Å². The van der Waals surface area contributed by atoms with E-state index in [0.717, 1.165) is 11.3 Å². The van der Waals surface area contributed by atoms with Crippen LogP contribution < -0.4 is 0 Å². The largest absolute Gasteiger partial charge is 0.358 e. The lowest BCUT2D eigenvalue weighted by Gasteiger charge is -1.82. The van der Waals surface area contributed by atoms with Gasteiger partial charge in [0.15, 0.2) is 0 Å². The number of nitrogens with zero attached hydrogens (tertiary/aromatic N) is 2. The molecule has 0 aliphatic heterocycles. The molecule has 0 atom stereocenters. The number of rotatable bonds is 1. The molecule has 4 heteroatoms. The monoisotopic (exact) mass is 149 g/mol. The lowest BCUT2D eigenvalue weighted by atomic mass is 10.3. The van der Waals surface area contributed by atoms with Crippen molar-refractivity contribution in [2.75, 3.05) is 0 Å². The van der Waals surface area contributed by atoms with E-state index in [1.54, 1.807) is 0 Å². The molecule has 0 aromatic carbocycles. The van der Waals surface area contributed by atoms with Crippen molar-refractivity contribution in [3.8, 4) is 11.5 Å². The summed E-state index contributed by atoms with van der Waals surface area (Å²) in [5.41, 5.74) is 2.04. The SMILES string of the molecule is Cc1c[nH]c(-c2ncon2)c1. The second-order valence-corrected chi connectivity index (χ2v) is 2.35. The van der Waals surface area contributed by atoms with Gasteiger partial charge >= 0.3 is 0 Å². The Morgan fingerprint density at radius 3 is 3.00 bits per heavy atom. The predicted octanol–water partition coefficient (Wildman–Crippen LogP) is 1.37. The summed E-state index contributed by atoms with van der Waals surface area (Å²) in [5, 5.41) is 3.68. The molecule has 4 nitrogen and oxygen atoms in total. The van der Waals surface area contributed by atoms with E-state index in [2.05, 4.69) is 19.6 Å². The van der Waals surface area contributed by atoms with Gasteiger partial charge in [-0.2, -0.15) is 4.98 Å². The number of hydrogen-bond donors (Lipinski definition) is 1. The highest BCUT2D eigenvalue weighted by molar-refractivity contribution is 5.49. The van der Waals surface area contributed by atoms with Crippen LogP contribution in [-0.2, 0) is 0 Å². The van der Waals surface area contributed by atoms with Crippen molar-refractivity contribution in [2.45, 2.75) is 6.92 Å². The lowest BCUT2D eigenvalue weighted by molar-refractivity contribution is 0.418. The van der Waals surface area contributed by atoms with Crippen LogP contribution in [0.25, 0.3) is 11.5 Å². The zero-order valence-corrected chi connectivity index (χ0v) is 6.03. The summed E-state index contributed by atoms with van der Waals surface area (Å²) in [6.07, 6.45) is 3.21. The minimum atomic E-state index is 0.595. The summed E-state index contributed by atoms with van der Waals surface area (Å²) in [6.45, 7) is 2.00. The normalized spacial score (nSPS) is 10.3. The van der Waals surface area contributed by atoms with Crippen LogP contribution in [0.4, 0.5) is 0 Å². The molecule has 2 aromatic heterocycles. The van der Waals surface area contributed by atoms with E-state index in [1.807, 2.05) is 19.2 Å². The molecule has 0 aliphatic carbocycles. The molecule has 0 fully saturated rings. The Morgan fingerprint density at radius 1 is 1.55 bits per heavy atom. The first kappa shape index (κ1) is 6.15. The highest BCUT2D eigenvalue weighted by Gasteiger charge is 2.02. The molecule has 2 aromatic rings. The van der Waals surface area contributed by atoms with E-state index in [1.165, 1.54) is 6.39 Å². The van der Waals surface area contributed by atoms with Crippen LogP contribution in [0.15, 0.2) is 23.2 Å². The van der Waals surface area contributed by atoms with Gasteiger partial charge in [0.1, 0.15) is 0 Å². The fourth-order valence-electron chi connectivity index (χ4n) is 0.921. The van der Waals surface area contributed by atoms with Crippen molar-refractivity contribution in [3.05, 3.63) is 24.2 Å². The van der Waals surface area contributed by atoms with Crippen LogP contribution in [0, 0.1) is 6.92 Å². The van der Waals surface area contributed by atoms with Crippen LogP contribution in [-0.4, -0.2) is 15.1 Å². The smallest absolute Gasteiger partial charge is 0.218 e. The average molecular weight is 149 g/mol. The third kappa shape index (κ3) is 1.02. The van der Waals surface area contributed by atoms with Crippen molar-refractivity contribution >= 4 is 0 Å². The van der Waals surface area contributed by atoms with Gasteiger partial charge in [0.2, 0.25) is 12.2 Å². The maximum Gasteiger partial charge on any atom is 0.218 e. The van der Waals surface area contributed by atoms with Crippen molar-refractivity contribution in [1.82, 2.24) is 15.1 Å². The minimum absolute atomic E-state index is 0.595. The molecule has 1 N–H and O–H groups in total. The maximum absolute atomic E-state index is 4.60. The van der Waals surface area contributed by atoms with Crippen LogP contribution >= 0.6 is 0 Å². The van der Waals surface area contributed by atoms with E-state index >= 15 is 0 Å². The van der Waals surface area contributed by atoms with Crippen molar-refractivity contribution < 1.29 is 4.52 Å². The molecule has 0 spiro atoms. The summed E-state index contributed by atoms with van der Waals surface area (Å²) < 4.78 is 4.60. The van der Waals surface area contributed by atoms with E-state index in [-0.39, 0.29) is 0 Å². The van der Waals surface area contributed by atoms with Crippen molar-refractivity contribution in [3.63, 3.8) is 0 Å². The molecule has 0 amide bonds. The summed E-state index contributed by atoms with van der Waals surface area (Å²) >= 11 is 0. The van der Waals surface area contributed by atoms with E-state index in [4.69, 9.17) is 0 Å². The Bertz CT molecular complexity index is 336. The molecule has 2 rings (SSSR count). The average Bonchev–Trinajstić information content (AvgIpc) is 2.55. The standard InChI is InChI=1S/C7H7N3O/c1-5-2-6(8-3-5)7-9-4-11-10-7/h2-4,8H,1H3. The minimum Gasteiger partial charge on any atom is -0.358 e. The summed E-state index contributed by atoms with van der Waals surface area (Å²) in [5.74, 6) is 0.595. The van der Waals surface area contributed by atoms with Gasteiger partial charge in [-0.3, -0.25) is 0 Å². The zero-order chi connectivity index (χ0) is 7.68. The molecule has 0 unspecified atom stereocenters. The lowest BCUT2D eigenvalue weighted by Crippen LogP contribution is -1.77. The number of H-pyrrole nitrogens is 1. The zero-order valence-electron chi connectivity index (χ0n) is 6.03. The number of aromatic amines is 1. The van der Waals surface area contributed by atoms with Gasteiger partial charge in [-0.05, 0) is 18.6 Å². The first-order valence-corrected chi connectivity index (χ1v) is 3.28. The van der Waals surface area contributed by atoms with Gasteiger partial charge in [0.25, 0.3) is 0 Å². The first-order chi connectivity index (χ1) is 5.36. The highest BCUT2D eigenvalue weighted by atomic mass is 16.5. The maximum atomic E-state index is 4.60. The number of nitrogens with one attached hydrogen (secondary N) is 1. The van der Waals surface area contributed by atoms with E-state index in [9.17, 15) is 0 Å². The Kier molecular flexibility index (Phi) is 1.25. The fraction of sp³-hybridized carbons (Fsp3) is 0.143. The van der Waals surface area contributed by atoms with E-state index < -0.39 is 0 Å². The molecular formula is C7H7N3O. The third-order valence-electron chi connectivity index (χ3n) is 1.43. The van der Waals surface area contributed by atoms with Gasteiger partial charge < -0.3 is 9.51 Å². The Hall–Kier alpha value is -1.58. The second kappa shape index (κ2) is 2.23. The van der Waals surface area contributed by atoms with Crippen molar-refractivity contribution in [1.29, 1.82) is 0 Å². The molecule has 0 bridgehead atoms. The topological polar surface area (TPSA) is 54.7 Å². The fourth-order valence-corrected chi connectivity index (χ4v) is 0.921. The molecule has 0 radical (unpaired) electrons. The summed E-state index contributed by atoms with van der Waals surface area (Å²) in [7, 11) is 0. The Labute approximate surface area is 63.2 Å². The molecule has 0 saturated heterocycles. The molecule has 11 heavy (non-hydrogen) atoms. The van der Waals surface area contributed by atoms with Gasteiger partial charge in [0.05, 0.1) is 5.69 Å². The number of aryl methyl sites for hydroxylation is 1. The number of aromatic nitrogens is 3. The highest BCUT2D eigenvalue weighted by Crippen LogP contribution is 2.12. The second-order valence-electron chi connectivity index (χ2n) is 2.35. The quantitative estimate of drug-likeness (QED) is 0.666. The molecule has 0 aliphatic rings. The molecule has 0 saturated carbocycles. The summed E-state index contributed by atoms with van der Waals surface area (Å²) in [4.78, 5) is 6.91. The van der Waals surface area contributed by atoms with Crippen LogP contribution in [0.2, 0.25) is 0 Å². The Balaban J connectivity index is 2.45. The van der Waals surface area contributed by atoms with Gasteiger partial charge in [-0.15, -0.1) is 0 Å². The molecule has 2 heterocycles. The predicted molar refractivity (Wildman–Crippen MR) is 38.8 cm³/mol. The van der Waals surface area contributed by atoms with Gasteiger partial charge in [-0.1, -0.05) is 5.16 Å². The van der Waals surface area contributed by atoms with E-state index in [0.29, 0.717) is 5.82 Å². The van der Waals surface area contributed by atoms with Gasteiger partial charge in [0, 0.05) is 6.20 Å². The van der Waals surface area contributed by atoms with Crippen LogP contribution in [0.5, 0.6) is 0 Å². The van der Waals surface area contributed by atoms with Crippen LogP contribution in [0.1, 0.15) is 5.56 Å². The number of hydrogen-bond acceptors (Lipinski definition) is 3. The molecular weight excluding hydrogens is 142 g/mol. The first-order valence-electron chi connectivity index (χ1n) is 3.28. The molecule has 56 valence electrons. The van der Waals surface area contributed by atoms with Gasteiger partial charge in [-0.25, -0.2) is 0 Å². The Morgan fingerprint density at radius 2 is 2.45 bits per heavy atom. The third-order valence-corrected chi connectivity index (χ3v) is 1.43.